The Kier molecular flexibility index (Phi) is 3.92. The summed E-state index contributed by atoms with van der Waals surface area (Å²) >= 11 is 0. The third-order valence-electron chi connectivity index (χ3n) is 4.25. The van der Waals surface area contributed by atoms with Crippen LogP contribution >= 0.6 is 0 Å². The van der Waals surface area contributed by atoms with Crippen LogP contribution in [-0.4, -0.2) is 41.0 Å². The first-order valence-electron chi connectivity index (χ1n) is 6.78. The molecule has 104 valence electrons. The Morgan fingerprint density at radius 1 is 1.47 bits per heavy atom. The number of hydrogen-bond donors (Lipinski definition) is 2. The van der Waals surface area contributed by atoms with Crippen molar-refractivity contribution in [2.45, 2.75) is 25.8 Å². The van der Waals surface area contributed by atoms with Gasteiger partial charge in [0.25, 0.3) is 0 Å². The smallest absolute Gasteiger partial charge is 0.176 e. The second-order valence-electron chi connectivity index (χ2n) is 5.63. The van der Waals surface area contributed by atoms with Gasteiger partial charge in [-0.05, 0) is 36.6 Å². The van der Waals surface area contributed by atoms with Crippen LogP contribution < -0.4 is 5.73 Å². The van der Waals surface area contributed by atoms with Crippen LogP contribution in [0.4, 0.5) is 0 Å². The van der Waals surface area contributed by atoms with Crippen molar-refractivity contribution in [3.8, 4) is 5.75 Å². The lowest BCUT2D eigenvalue weighted by molar-refractivity contribution is 0.0941. The molecule has 0 bridgehead atoms. The van der Waals surface area contributed by atoms with E-state index in [1.807, 2.05) is 0 Å². The minimum absolute atomic E-state index is 0.0764. The van der Waals surface area contributed by atoms with Crippen molar-refractivity contribution in [1.29, 1.82) is 0 Å². The average Bonchev–Trinajstić information content (AvgIpc) is 2.66. The van der Waals surface area contributed by atoms with E-state index < -0.39 is 0 Å². The number of phenolic OH excluding ortho intramolecular Hbond substituents is 1. The number of benzene rings is 1. The number of rotatable bonds is 4. The number of nitrogens with zero attached hydrogens (tertiary/aromatic N) is 1. The van der Waals surface area contributed by atoms with Gasteiger partial charge in [-0.2, -0.15) is 0 Å². The number of ketones is 1. The lowest BCUT2D eigenvalue weighted by atomic mass is 9.87. The molecule has 1 aliphatic rings. The molecule has 4 heteroatoms. The van der Waals surface area contributed by atoms with E-state index in [0.717, 1.165) is 19.5 Å². The first kappa shape index (κ1) is 14.0. The number of carbonyl (C=O) groups is 1. The molecule has 4 nitrogen and oxygen atoms in total. The van der Waals surface area contributed by atoms with Gasteiger partial charge in [-0.25, -0.2) is 0 Å². The molecule has 0 unspecified atom stereocenters. The zero-order valence-electron chi connectivity index (χ0n) is 11.6. The Bertz CT molecular complexity index is 458. The molecule has 0 spiro atoms. The van der Waals surface area contributed by atoms with Gasteiger partial charge in [0, 0.05) is 24.2 Å². The van der Waals surface area contributed by atoms with Gasteiger partial charge < -0.3 is 10.8 Å². The first-order chi connectivity index (χ1) is 8.94. The Morgan fingerprint density at radius 2 is 2.11 bits per heavy atom. The first-order valence-corrected chi connectivity index (χ1v) is 6.78. The van der Waals surface area contributed by atoms with E-state index in [2.05, 4.69) is 18.7 Å². The molecule has 1 aromatic rings. The molecule has 19 heavy (non-hydrogen) atoms. The highest BCUT2D eigenvalue weighted by Gasteiger charge is 2.39. The van der Waals surface area contributed by atoms with Crippen molar-refractivity contribution in [3.05, 3.63) is 29.8 Å². The third kappa shape index (κ3) is 2.96. The largest absolute Gasteiger partial charge is 0.508 e. The number of likely N-dealkylation sites (tertiary alicyclic amines) is 1. The van der Waals surface area contributed by atoms with Gasteiger partial charge >= 0.3 is 0 Å². The zero-order valence-corrected chi connectivity index (χ0v) is 11.6. The monoisotopic (exact) mass is 262 g/mol. The van der Waals surface area contributed by atoms with Gasteiger partial charge in [0.1, 0.15) is 5.75 Å². The van der Waals surface area contributed by atoms with E-state index in [1.165, 1.54) is 0 Å². The number of carbonyl (C=O) groups excluding carboxylic acids is 1. The van der Waals surface area contributed by atoms with E-state index in [1.54, 1.807) is 24.3 Å². The maximum absolute atomic E-state index is 12.2. The molecule has 0 amide bonds. The quantitative estimate of drug-likeness (QED) is 0.809. The van der Waals surface area contributed by atoms with Crippen LogP contribution in [0.2, 0.25) is 0 Å². The maximum atomic E-state index is 12.2. The van der Waals surface area contributed by atoms with Crippen LogP contribution in [0, 0.1) is 5.92 Å². The van der Waals surface area contributed by atoms with Crippen LogP contribution in [0.15, 0.2) is 24.3 Å². The standard InChI is InChI=1S/C15H22N2O2/c1-3-15(16)10-17(8-11(15)2)9-14(19)12-4-6-13(18)7-5-12/h4-7,11,18H,3,8-10,16H2,1-2H3/t11-,15-/m0/s1. The molecule has 1 aromatic carbocycles. The minimum Gasteiger partial charge on any atom is -0.508 e. The molecule has 3 N–H and O–H groups in total. The van der Waals surface area contributed by atoms with Crippen molar-refractivity contribution in [3.63, 3.8) is 0 Å². The molecule has 0 aliphatic carbocycles. The average molecular weight is 262 g/mol. The predicted molar refractivity (Wildman–Crippen MR) is 75.3 cm³/mol. The van der Waals surface area contributed by atoms with Gasteiger partial charge in [0.15, 0.2) is 5.78 Å². The predicted octanol–water partition coefficient (Wildman–Crippen LogP) is 1.63. The fourth-order valence-electron chi connectivity index (χ4n) is 2.73. The molecular formula is C15H22N2O2. The van der Waals surface area contributed by atoms with Crippen molar-refractivity contribution in [1.82, 2.24) is 4.90 Å². The molecule has 1 fully saturated rings. The lowest BCUT2D eigenvalue weighted by Crippen LogP contribution is -2.46. The van der Waals surface area contributed by atoms with Crippen LogP contribution in [0.3, 0.4) is 0 Å². The number of nitrogens with two attached hydrogens (primary N) is 1. The van der Waals surface area contributed by atoms with Gasteiger partial charge in [-0.1, -0.05) is 13.8 Å². The zero-order chi connectivity index (χ0) is 14.0. The molecule has 0 saturated carbocycles. The molecular weight excluding hydrogens is 240 g/mol. The Labute approximate surface area is 114 Å². The number of hydrogen-bond acceptors (Lipinski definition) is 4. The lowest BCUT2D eigenvalue weighted by Gasteiger charge is -2.26. The number of aromatic hydroxyl groups is 1. The highest BCUT2D eigenvalue weighted by molar-refractivity contribution is 5.97. The Balaban J connectivity index is 1.99. The SMILES string of the molecule is CC[C@]1(N)CN(CC(=O)c2ccc(O)cc2)C[C@@H]1C. The highest BCUT2D eigenvalue weighted by Crippen LogP contribution is 2.28. The summed E-state index contributed by atoms with van der Waals surface area (Å²) in [6.07, 6.45) is 0.929. The summed E-state index contributed by atoms with van der Waals surface area (Å²) in [5, 5.41) is 9.22. The molecule has 2 atom stereocenters. The van der Waals surface area contributed by atoms with Gasteiger partial charge in [-0.3, -0.25) is 9.69 Å². The summed E-state index contributed by atoms with van der Waals surface area (Å²) in [5.41, 5.74) is 6.80. The van der Waals surface area contributed by atoms with Crippen LogP contribution in [0.25, 0.3) is 0 Å². The fourth-order valence-corrected chi connectivity index (χ4v) is 2.73. The van der Waals surface area contributed by atoms with E-state index >= 15 is 0 Å². The van der Waals surface area contributed by atoms with Gasteiger partial charge in [0.2, 0.25) is 0 Å². The topological polar surface area (TPSA) is 66.6 Å². The molecule has 1 aliphatic heterocycles. The summed E-state index contributed by atoms with van der Waals surface area (Å²) in [7, 11) is 0. The van der Waals surface area contributed by atoms with Gasteiger partial charge in [0.05, 0.1) is 6.54 Å². The second kappa shape index (κ2) is 5.31. The fraction of sp³-hybridized carbons (Fsp3) is 0.533. The van der Waals surface area contributed by atoms with Crippen molar-refractivity contribution in [2.75, 3.05) is 19.6 Å². The summed E-state index contributed by atoms with van der Waals surface area (Å²) in [6, 6.07) is 6.40. The molecule has 0 aromatic heterocycles. The molecule has 1 heterocycles. The van der Waals surface area contributed by atoms with Crippen molar-refractivity contribution in [2.24, 2.45) is 11.7 Å². The van der Waals surface area contributed by atoms with E-state index in [0.29, 0.717) is 18.0 Å². The van der Waals surface area contributed by atoms with Crippen LogP contribution in [-0.2, 0) is 0 Å². The second-order valence-corrected chi connectivity index (χ2v) is 5.63. The molecule has 0 radical (unpaired) electrons. The Hall–Kier alpha value is -1.39. The highest BCUT2D eigenvalue weighted by atomic mass is 16.3. The van der Waals surface area contributed by atoms with E-state index in [4.69, 9.17) is 5.73 Å². The summed E-state index contributed by atoms with van der Waals surface area (Å²) in [5.74, 6) is 0.663. The Morgan fingerprint density at radius 3 is 2.63 bits per heavy atom. The summed E-state index contributed by atoms with van der Waals surface area (Å²) < 4.78 is 0. The van der Waals surface area contributed by atoms with E-state index in [9.17, 15) is 9.90 Å². The van der Waals surface area contributed by atoms with Gasteiger partial charge in [-0.15, -0.1) is 0 Å². The third-order valence-corrected chi connectivity index (χ3v) is 4.25. The van der Waals surface area contributed by atoms with Crippen LogP contribution in [0.5, 0.6) is 5.75 Å². The van der Waals surface area contributed by atoms with E-state index in [-0.39, 0.29) is 17.1 Å². The van der Waals surface area contributed by atoms with Crippen molar-refractivity contribution >= 4 is 5.78 Å². The maximum Gasteiger partial charge on any atom is 0.176 e. The van der Waals surface area contributed by atoms with Crippen molar-refractivity contribution < 1.29 is 9.90 Å². The number of Topliss-reactive ketones (excluding diaryl/α,β-unsaturated/α-hetero) is 1. The van der Waals surface area contributed by atoms with Crippen LogP contribution in [0.1, 0.15) is 30.6 Å². The summed E-state index contributed by atoms with van der Waals surface area (Å²) in [4.78, 5) is 14.3. The molecule has 2 rings (SSSR count). The number of phenols is 1. The normalized spacial score (nSPS) is 27.6. The molecule has 1 saturated heterocycles. The minimum atomic E-state index is -0.171. The summed E-state index contributed by atoms with van der Waals surface area (Å²) in [6.45, 7) is 6.28.